The van der Waals surface area contributed by atoms with Gasteiger partial charge < -0.3 is 19.2 Å². The number of hydrogen-bond donors (Lipinski definition) is 1. The fourth-order valence-electron chi connectivity index (χ4n) is 2.60. The van der Waals surface area contributed by atoms with Crippen LogP contribution in [0.1, 0.15) is 11.3 Å². The monoisotopic (exact) mass is 347 g/mol. The highest BCUT2D eigenvalue weighted by atomic mass is 35.5. The lowest BCUT2D eigenvalue weighted by atomic mass is 10.1. The van der Waals surface area contributed by atoms with E-state index in [4.69, 9.17) is 13.9 Å². The molecule has 4 nitrogen and oxygen atoms in total. The van der Waals surface area contributed by atoms with E-state index in [2.05, 4.69) is 23.5 Å². The first-order chi connectivity index (χ1) is 11.3. The Labute approximate surface area is 148 Å². The maximum absolute atomic E-state index is 5.79. The Morgan fingerprint density at radius 2 is 1.75 bits per heavy atom. The minimum atomic E-state index is 0. The van der Waals surface area contributed by atoms with Crippen LogP contribution < -0.4 is 14.8 Å². The SMILES string of the molecule is COc1ccc(CCNCc2cc3ccccc3o2)cc1OC.Cl. The van der Waals surface area contributed by atoms with Gasteiger partial charge in [0.1, 0.15) is 11.3 Å². The van der Waals surface area contributed by atoms with Gasteiger partial charge in [0.25, 0.3) is 0 Å². The van der Waals surface area contributed by atoms with E-state index in [0.29, 0.717) is 0 Å². The van der Waals surface area contributed by atoms with E-state index in [1.165, 1.54) is 5.56 Å². The highest BCUT2D eigenvalue weighted by Crippen LogP contribution is 2.27. The molecule has 3 rings (SSSR count). The number of ether oxygens (including phenoxy) is 2. The average molecular weight is 348 g/mol. The van der Waals surface area contributed by atoms with Gasteiger partial charge in [0.05, 0.1) is 20.8 Å². The van der Waals surface area contributed by atoms with Crippen LogP contribution >= 0.6 is 12.4 Å². The van der Waals surface area contributed by atoms with Gasteiger partial charge >= 0.3 is 0 Å². The third kappa shape index (κ3) is 4.22. The Bertz CT molecular complexity index is 752. The van der Waals surface area contributed by atoms with Crippen LogP contribution in [-0.4, -0.2) is 20.8 Å². The van der Waals surface area contributed by atoms with Crippen LogP contribution in [0.5, 0.6) is 11.5 Å². The molecule has 0 saturated heterocycles. The second-order valence-corrected chi connectivity index (χ2v) is 5.37. The Hall–Kier alpha value is -2.17. The van der Waals surface area contributed by atoms with Crippen LogP contribution in [0.15, 0.2) is 52.9 Å². The molecular weight excluding hydrogens is 326 g/mol. The standard InChI is InChI=1S/C19H21NO3.ClH/c1-21-18-8-7-14(11-19(18)22-2)9-10-20-13-16-12-15-5-3-4-6-17(15)23-16;/h3-8,11-12,20H,9-10,13H2,1-2H3;1H. The molecule has 0 saturated carbocycles. The van der Waals surface area contributed by atoms with Crippen molar-refractivity contribution in [1.82, 2.24) is 5.32 Å². The van der Waals surface area contributed by atoms with Gasteiger partial charge in [-0.1, -0.05) is 24.3 Å². The summed E-state index contributed by atoms with van der Waals surface area (Å²) in [6, 6.07) is 16.2. The molecule has 5 heteroatoms. The smallest absolute Gasteiger partial charge is 0.160 e. The molecule has 0 unspecified atom stereocenters. The molecule has 0 bridgehead atoms. The van der Waals surface area contributed by atoms with Gasteiger partial charge in [-0.2, -0.15) is 0 Å². The van der Waals surface area contributed by atoms with Crippen LogP contribution in [0, 0.1) is 0 Å². The molecule has 1 N–H and O–H groups in total. The van der Waals surface area contributed by atoms with Crippen molar-refractivity contribution in [2.45, 2.75) is 13.0 Å². The quantitative estimate of drug-likeness (QED) is 0.650. The normalized spacial score (nSPS) is 10.4. The van der Waals surface area contributed by atoms with Crippen molar-refractivity contribution in [3.63, 3.8) is 0 Å². The summed E-state index contributed by atoms with van der Waals surface area (Å²) in [5, 5.41) is 4.55. The van der Waals surface area contributed by atoms with E-state index in [9.17, 15) is 0 Å². The number of rotatable bonds is 7. The number of methoxy groups -OCH3 is 2. The van der Waals surface area contributed by atoms with Crippen molar-refractivity contribution in [2.75, 3.05) is 20.8 Å². The first-order valence-corrected chi connectivity index (χ1v) is 7.69. The zero-order valence-corrected chi connectivity index (χ0v) is 14.7. The lowest BCUT2D eigenvalue weighted by Gasteiger charge is -2.09. The Morgan fingerprint density at radius 3 is 2.50 bits per heavy atom. The average Bonchev–Trinajstić information content (AvgIpc) is 3.01. The topological polar surface area (TPSA) is 43.6 Å². The number of hydrogen-bond acceptors (Lipinski definition) is 4. The fourth-order valence-corrected chi connectivity index (χ4v) is 2.60. The molecule has 1 heterocycles. The largest absolute Gasteiger partial charge is 0.493 e. The van der Waals surface area contributed by atoms with E-state index in [1.54, 1.807) is 14.2 Å². The van der Waals surface area contributed by atoms with Crippen molar-refractivity contribution >= 4 is 23.4 Å². The molecule has 0 spiro atoms. The molecule has 0 atom stereocenters. The highest BCUT2D eigenvalue weighted by molar-refractivity contribution is 5.85. The van der Waals surface area contributed by atoms with Crippen LogP contribution in [0.4, 0.5) is 0 Å². The molecule has 0 aliphatic heterocycles. The number of benzene rings is 2. The highest BCUT2D eigenvalue weighted by Gasteiger charge is 2.05. The van der Waals surface area contributed by atoms with E-state index >= 15 is 0 Å². The predicted octanol–water partition coefficient (Wildman–Crippen LogP) is 4.20. The van der Waals surface area contributed by atoms with Crippen LogP contribution in [0.2, 0.25) is 0 Å². The lowest BCUT2D eigenvalue weighted by molar-refractivity contribution is 0.354. The Balaban J connectivity index is 0.00000208. The number of para-hydroxylation sites is 1. The summed E-state index contributed by atoms with van der Waals surface area (Å²) in [5.74, 6) is 2.48. The summed E-state index contributed by atoms with van der Waals surface area (Å²) in [7, 11) is 3.30. The van der Waals surface area contributed by atoms with Gasteiger partial charge in [-0.25, -0.2) is 0 Å². The second-order valence-electron chi connectivity index (χ2n) is 5.37. The fraction of sp³-hybridized carbons (Fsp3) is 0.263. The molecule has 0 aliphatic rings. The molecule has 0 fully saturated rings. The van der Waals surface area contributed by atoms with Crippen molar-refractivity contribution in [2.24, 2.45) is 0 Å². The molecular formula is C19H22ClNO3. The van der Waals surface area contributed by atoms with Gasteiger partial charge in [0.15, 0.2) is 11.5 Å². The molecule has 0 radical (unpaired) electrons. The molecule has 0 amide bonds. The van der Waals surface area contributed by atoms with Crippen LogP contribution in [-0.2, 0) is 13.0 Å². The predicted molar refractivity (Wildman–Crippen MR) is 98.4 cm³/mol. The zero-order chi connectivity index (χ0) is 16.1. The number of furan rings is 1. The first kappa shape index (κ1) is 18.2. The van der Waals surface area contributed by atoms with E-state index in [0.717, 1.165) is 47.7 Å². The maximum atomic E-state index is 5.79. The molecule has 2 aromatic carbocycles. The van der Waals surface area contributed by atoms with Gasteiger partial charge in [-0.05, 0) is 42.8 Å². The maximum Gasteiger partial charge on any atom is 0.160 e. The molecule has 3 aromatic rings. The second kappa shape index (κ2) is 8.62. The molecule has 1 aromatic heterocycles. The third-order valence-corrected chi connectivity index (χ3v) is 3.81. The summed E-state index contributed by atoms with van der Waals surface area (Å²) in [6.45, 7) is 1.59. The summed E-state index contributed by atoms with van der Waals surface area (Å²) in [5.41, 5.74) is 2.14. The third-order valence-electron chi connectivity index (χ3n) is 3.81. The van der Waals surface area contributed by atoms with Crippen molar-refractivity contribution in [3.8, 4) is 11.5 Å². The summed E-state index contributed by atoms with van der Waals surface area (Å²) >= 11 is 0. The summed E-state index contributed by atoms with van der Waals surface area (Å²) in [6.07, 6.45) is 0.917. The number of halogens is 1. The molecule has 24 heavy (non-hydrogen) atoms. The van der Waals surface area contributed by atoms with Crippen LogP contribution in [0.3, 0.4) is 0 Å². The summed E-state index contributed by atoms with van der Waals surface area (Å²) < 4.78 is 16.4. The van der Waals surface area contributed by atoms with Crippen molar-refractivity contribution < 1.29 is 13.9 Å². The van der Waals surface area contributed by atoms with Gasteiger partial charge in [-0.3, -0.25) is 0 Å². The molecule has 0 aliphatic carbocycles. The zero-order valence-electron chi connectivity index (χ0n) is 13.9. The Morgan fingerprint density at radius 1 is 0.958 bits per heavy atom. The van der Waals surface area contributed by atoms with Crippen molar-refractivity contribution in [3.05, 3.63) is 59.9 Å². The number of nitrogens with one attached hydrogen (secondary N) is 1. The minimum Gasteiger partial charge on any atom is -0.493 e. The number of fused-ring (bicyclic) bond motifs is 1. The van der Waals surface area contributed by atoms with Gasteiger partial charge in [0.2, 0.25) is 0 Å². The lowest BCUT2D eigenvalue weighted by Crippen LogP contribution is -2.16. The van der Waals surface area contributed by atoms with Crippen LogP contribution in [0.25, 0.3) is 11.0 Å². The van der Waals surface area contributed by atoms with E-state index < -0.39 is 0 Å². The van der Waals surface area contributed by atoms with Gasteiger partial charge in [-0.15, -0.1) is 12.4 Å². The first-order valence-electron chi connectivity index (χ1n) is 7.69. The molecule has 128 valence electrons. The van der Waals surface area contributed by atoms with E-state index in [-0.39, 0.29) is 12.4 Å². The summed E-state index contributed by atoms with van der Waals surface area (Å²) in [4.78, 5) is 0. The van der Waals surface area contributed by atoms with Crippen molar-refractivity contribution in [1.29, 1.82) is 0 Å². The van der Waals surface area contributed by atoms with E-state index in [1.807, 2.05) is 30.3 Å². The van der Waals surface area contributed by atoms with Gasteiger partial charge in [0, 0.05) is 5.39 Å². The minimum absolute atomic E-state index is 0. The Kier molecular flexibility index (Phi) is 6.53.